The first-order valence-electron chi connectivity index (χ1n) is 8.01. The molecule has 0 spiro atoms. The van der Waals surface area contributed by atoms with E-state index in [2.05, 4.69) is 15.5 Å². The third-order valence-corrected chi connectivity index (χ3v) is 6.35. The third-order valence-electron chi connectivity index (χ3n) is 3.69. The van der Waals surface area contributed by atoms with Crippen LogP contribution in [0.15, 0.2) is 53.4 Å². The van der Waals surface area contributed by atoms with Crippen LogP contribution in [0.2, 0.25) is 0 Å². The van der Waals surface area contributed by atoms with E-state index in [1.807, 2.05) is 0 Å². The molecule has 1 N–H and O–H groups in total. The minimum atomic E-state index is -3.67. The largest absolute Gasteiger partial charge is 0.296 e. The number of nitro benzene ring substituents is 2. The number of rotatable bonds is 7. The first-order valence-corrected chi connectivity index (χ1v) is 10.5. The van der Waals surface area contributed by atoms with Gasteiger partial charge in [-0.15, -0.1) is 10.2 Å². The van der Waals surface area contributed by atoms with Crippen LogP contribution in [0.1, 0.15) is 15.4 Å². The normalized spacial score (nSPS) is 11.1. The quantitative estimate of drug-likeness (QED) is 0.419. The summed E-state index contributed by atoms with van der Waals surface area (Å²) in [4.78, 5) is 32.6. The monoisotopic (exact) mass is 449 g/mol. The number of benzene rings is 2. The third kappa shape index (κ3) is 4.79. The van der Waals surface area contributed by atoms with Crippen LogP contribution in [-0.2, 0) is 15.6 Å². The minimum Gasteiger partial charge on any atom is -0.296 e. The predicted octanol–water partition coefficient (Wildman–Crippen LogP) is 2.58. The van der Waals surface area contributed by atoms with E-state index >= 15 is 0 Å². The second-order valence-corrected chi connectivity index (χ2v) is 8.83. The standard InChI is InChI=1S/C16H11N5O7S2/c22-15(10-6-11(20(23)24)8-12(7-10)21(25)26)17-16-19-18-14(29-16)9-30(27,28)13-4-2-1-3-5-13/h1-8H,9H2,(H,17,19,22). The number of anilines is 1. The Hall–Kier alpha value is -3.78. The molecule has 0 atom stereocenters. The number of nitro groups is 2. The Bertz CT molecular complexity index is 1210. The van der Waals surface area contributed by atoms with Gasteiger partial charge in [0, 0.05) is 12.1 Å². The van der Waals surface area contributed by atoms with Crippen molar-refractivity contribution >= 4 is 43.6 Å². The molecule has 0 bridgehead atoms. The maximum atomic E-state index is 12.4. The molecule has 0 radical (unpaired) electrons. The topological polar surface area (TPSA) is 175 Å². The van der Waals surface area contributed by atoms with Crippen LogP contribution in [0.4, 0.5) is 16.5 Å². The SMILES string of the molecule is O=C(Nc1nnc(CS(=O)(=O)c2ccccc2)s1)c1cc([N+](=O)[O-])cc([N+](=O)[O-])c1. The molecule has 0 saturated heterocycles. The van der Waals surface area contributed by atoms with Gasteiger partial charge in [-0.1, -0.05) is 29.5 Å². The molecule has 1 heterocycles. The van der Waals surface area contributed by atoms with E-state index in [1.54, 1.807) is 18.2 Å². The molecule has 1 amide bonds. The highest BCUT2D eigenvalue weighted by molar-refractivity contribution is 7.90. The molecule has 14 heteroatoms. The van der Waals surface area contributed by atoms with Gasteiger partial charge in [0.2, 0.25) is 5.13 Å². The molecule has 2 aromatic carbocycles. The fourth-order valence-electron chi connectivity index (χ4n) is 2.34. The number of nitrogens with zero attached hydrogens (tertiary/aromatic N) is 4. The zero-order valence-electron chi connectivity index (χ0n) is 14.8. The molecule has 30 heavy (non-hydrogen) atoms. The number of nitrogens with one attached hydrogen (secondary N) is 1. The number of hydrogen-bond acceptors (Lipinski definition) is 10. The molecule has 0 saturated carbocycles. The molecule has 3 aromatic rings. The van der Waals surface area contributed by atoms with Crippen LogP contribution < -0.4 is 5.32 Å². The van der Waals surface area contributed by atoms with Crippen LogP contribution in [0.3, 0.4) is 0 Å². The lowest BCUT2D eigenvalue weighted by Crippen LogP contribution is -2.12. The maximum absolute atomic E-state index is 12.4. The highest BCUT2D eigenvalue weighted by atomic mass is 32.2. The molecule has 12 nitrogen and oxygen atoms in total. The number of carbonyl (C=O) groups excluding carboxylic acids is 1. The predicted molar refractivity (Wildman–Crippen MR) is 105 cm³/mol. The number of carbonyl (C=O) groups is 1. The average Bonchev–Trinajstić information content (AvgIpc) is 3.14. The summed E-state index contributed by atoms with van der Waals surface area (Å²) in [5.74, 6) is -1.33. The van der Waals surface area contributed by atoms with Crippen LogP contribution in [0, 0.1) is 20.2 Å². The lowest BCUT2D eigenvalue weighted by Gasteiger charge is -2.02. The molecule has 1 aromatic heterocycles. The van der Waals surface area contributed by atoms with Crippen LogP contribution in [0.5, 0.6) is 0 Å². The van der Waals surface area contributed by atoms with Crippen molar-refractivity contribution in [2.24, 2.45) is 0 Å². The fourth-order valence-corrected chi connectivity index (χ4v) is 4.70. The van der Waals surface area contributed by atoms with Gasteiger partial charge in [0.05, 0.1) is 26.4 Å². The summed E-state index contributed by atoms with van der Waals surface area (Å²) < 4.78 is 24.8. The molecule has 0 fully saturated rings. The van der Waals surface area contributed by atoms with Crippen molar-refractivity contribution in [2.75, 3.05) is 5.32 Å². The highest BCUT2D eigenvalue weighted by Crippen LogP contribution is 2.25. The summed E-state index contributed by atoms with van der Waals surface area (Å²) >= 11 is 0.797. The van der Waals surface area contributed by atoms with Gasteiger partial charge < -0.3 is 0 Å². The van der Waals surface area contributed by atoms with Gasteiger partial charge in [-0.2, -0.15) is 0 Å². The molecule has 0 aliphatic carbocycles. The van der Waals surface area contributed by atoms with Crippen LogP contribution in [0.25, 0.3) is 0 Å². The van der Waals surface area contributed by atoms with Crippen molar-refractivity contribution in [3.8, 4) is 0 Å². The van der Waals surface area contributed by atoms with Gasteiger partial charge in [0.15, 0.2) is 9.84 Å². The zero-order chi connectivity index (χ0) is 21.9. The van der Waals surface area contributed by atoms with Gasteiger partial charge in [-0.25, -0.2) is 8.42 Å². The first-order chi connectivity index (χ1) is 14.2. The Morgan fingerprint density at radius 2 is 1.60 bits per heavy atom. The Morgan fingerprint density at radius 3 is 2.17 bits per heavy atom. The summed E-state index contributed by atoms with van der Waals surface area (Å²) in [6, 6.07) is 10.2. The van der Waals surface area contributed by atoms with Gasteiger partial charge in [0.25, 0.3) is 17.3 Å². The first kappa shape index (κ1) is 20.9. The lowest BCUT2D eigenvalue weighted by molar-refractivity contribution is -0.394. The van der Waals surface area contributed by atoms with E-state index in [0.717, 1.165) is 29.5 Å². The van der Waals surface area contributed by atoms with Gasteiger partial charge in [-0.3, -0.25) is 30.3 Å². The Labute approximate surface area is 172 Å². The summed E-state index contributed by atoms with van der Waals surface area (Å²) in [7, 11) is -3.67. The number of sulfone groups is 1. The van der Waals surface area contributed by atoms with Gasteiger partial charge in [0.1, 0.15) is 10.8 Å². The number of hydrogen-bond donors (Lipinski definition) is 1. The summed E-state index contributed by atoms with van der Waals surface area (Å²) in [6.45, 7) is 0. The van der Waals surface area contributed by atoms with Crippen LogP contribution >= 0.6 is 11.3 Å². The van der Waals surface area contributed by atoms with Crippen molar-refractivity contribution in [3.05, 3.63) is 79.3 Å². The number of non-ortho nitro benzene ring substituents is 2. The second kappa shape index (κ2) is 8.30. The Kier molecular flexibility index (Phi) is 5.79. The van der Waals surface area contributed by atoms with E-state index < -0.39 is 42.7 Å². The van der Waals surface area contributed by atoms with Gasteiger partial charge >= 0.3 is 0 Å². The second-order valence-electron chi connectivity index (χ2n) is 5.78. The molecule has 0 aliphatic heterocycles. The Morgan fingerprint density at radius 1 is 1.00 bits per heavy atom. The van der Waals surface area contributed by atoms with Crippen molar-refractivity contribution in [1.82, 2.24) is 10.2 Å². The zero-order valence-corrected chi connectivity index (χ0v) is 16.4. The van der Waals surface area contributed by atoms with E-state index in [1.165, 1.54) is 12.1 Å². The van der Waals surface area contributed by atoms with E-state index in [4.69, 9.17) is 0 Å². The van der Waals surface area contributed by atoms with E-state index in [9.17, 15) is 33.4 Å². The van der Waals surface area contributed by atoms with E-state index in [-0.39, 0.29) is 20.6 Å². The van der Waals surface area contributed by atoms with Crippen LogP contribution in [-0.4, -0.2) is 34.4 Å². The molecule has 0 unspecified atom stereocenters. The summed E-state index contributed by atoms with van der Waals surface area (Å²) in [5.41, 5.74) is -1.58. The van der Waals surface area contributed by atoms with Crippen molar-refractivity contribution < 1.29 is 23.1 Å². The maximum Gasteiger partial charge on any atom is 0.277 e. The number of aromatic nitrogens is 2. The number of amides is 1. The van der Waals surface area contributed by atoms with Gasteiger partial charge in [-0.05, 0) is 12.1 Å². The summed E-state index contributed by atoms with van der Waals surface area (Å²) in [5, 5.41) is 31.6. The van der Waals surface area contributed by atoms with E-state index in [0.29, 0.717) is 0 Å². The molecule has 0 aliphatic rings. The fraction of sp³-hybridized carbons (Fsp3) is 0.0625. The van der Waals surface area contributed by atoms with Crippen molar-refractivity contribution in [1.29, 1.82) is 0 Å². The minimum absolute atomic E-state index is 0.0626. The summed E-state index contributed by atoms with van der Waals surface area (Å²) in [6.07, 6.45) is 0. The molecule has 154 valence electrons. The smallest absolute Gasteiger partial charge is 0.277 e. The molecule has 3 rings (SSSR count). The molecular weight excluding hydrogens is 438 g/mol. The highest BCUT2D eigenvalue weighted by Gasteiger charge is 2.22. The Balaban J connectivity index is 1.79. The molecular formula is C16H11N5O7S2. The van der Waals surface area contributed by atoms with Crippen molar-refractivity contribution in [3.63, 3.8) is 0 Å². The average molecular weight is 449 g/mol. The van der Waals surface area contributed by atoms with Crippen molar-refractivity contribution in [2.45, 2.75) is 10.6 Å². The lowest BCUT2D eigenvalue weighted by atomic mass is 10.1.